The van der Waals surface area contributed by atoms with Gasteiger partial charge in [-0.3, -0.25) is 0 Å². The third-order valence-electron chi connectivity index (χ3n) is 3.28. The molecule has 1 amide bonds. The van der Waals surface area contributed by atoms with Crippen LogP contribution in [-0.4, -0.2) is 34.9 Å². The highest BCUT2D eigenvalue weighted by Gasteiger charge is 2.24. The zero-order valence-electron chi connectivity index (χ0n) is 15.2. The zero-order chi connectivity index (χ0) is 19.0. The van der Waals surface area contributed by atoms with Gasteiger partial charge in [0.1, 0.15) is 12.2 Å². The maximum absolute atomic E-state index is 11.9. The molecule has 0 saturated heterocycles. The number of amides is 1. The molecule has 25 heavy (non-hydrogen) atoms. The van der Waals surface area contributed by atoms with E-state index < -0.39 is 29.8 Å². The van der Waals surface area contributed by atoms with Crippen LogP contribution in [0.25, 0.3) is 0 Å². The highest BCUT2D eigenvalue weighted by atomic mass is 16.6. The van der Waals surface area contributed by atoms with Gasteiger partial charge in [0.05, 0.1) is 12.1 Å². The van der Waals surface area contributed by atoms with E-state index in [1.807, 2.05) is 30.3 Å². The van der Waals surface area contributed by atoms with Crippen molar-refractivity contribution in [2.75, 3.05) is 0 Å². The Hall–Kier alpha value is -2.34. The topological polar surface area (TPSA) is 84.9 Å². The van der Waals surface area contributed by atoms with E-state index >= 15 is 0 Å². The summed E-state index contributed by atoms with van der Waals surface area (Å²) in [5.41, 5.74) is 0.383. The minimum Gasteiger partial charge on any atom is -0.457 e. The van der Waals surface area contributed by atoms with E-state index in [9.17, 15) is 14.7 Å². The molecule has 6 heteroatoms. The standard InChI is InChI=1S/C19H27NO5/c1-13(17(22)25-19(3,4)5)11-16(21)14(2)20-18(23)24-12-15-9-7-6-8-10-15/h6-10,14,16,21H,1,11-12H2,2-5H3,(H,20,23)/t14-,16-/m0/s1. The molecule has 0 spiro atoms. The lowest BCUT2D eigenvalue weighted by atomic mass is 10.0. The van der Waals surface area contributed by atoms with Gasteiger partial charge in [-0.15, -0.1) is 0 Å². The Morgan fingerprint density at radius 1 is 1.24 bits per heavy atom. The van der Waals surface area contributed by atoms with Crippen LogP contribution < -0.4 is 5.32 Å². The highest BCUT2D eigenvalue weighted by molar-refractivity contribution is 5.88. The van der Waals surface area contributed by atoms with Crippen LogP contribution in [0, 0.1) is 0 Å². The Morgan fingerprint density at radius 2 is 1.84 bits per heavy atom. The summed E-state index contributed by atoms with van der Waals surface area (Å²) in [4.78, 5) is 23.6. The van der Waals surface area contributed by atoms with E-state index in [1.165, 1.54) is 0 Å². The van der Waals surface area contributed by atoms with Gasteiger partial charge in [-0.25, -0.2) is 9.59 Å². The smallest absolute Gasteiger partial charge is 0.407 e. The predicted octanol–water partition coefficient (Wildman–Crippen LogP) is 2.95. The average molecular weight is 349 g/mol. The molecular weight excluding hydrogens is 322 g/mol. The molecule has 138 valence electrons. The molecule has 0 aromatic heterocycles. The van der Waals surface area contributed by atoms with Crippen molar-refractivity contribution in [3.05, 3.63) is 48.0 Å². The minimum atomic E-state index is -0.982. The zero-order valence-corrected chi connectivity index (χ0v) is 15.2. The largest absolute Gasteiger partial charge is 0.457 e. The van der Waals surface area contributed by atoms with E-state index in [0.29, 0.717) is 0 Å². The second kappa shape index (κ2) is 9.22. The third kappa shape index (κ3) is 8.35. The first kappa shape index (κ1) is 20.7. The molecule has 2 atom stereocenters. The minimum absolute atomic E-state index is 0.00492. The van der Waals surface area contributed by atoms with Crippen molar-refractivity contribution in [1.82, 2.24) is 5.32 Å². The summed E-state index contributed by atoms with van der Waals surface area (Å²) in [6.07, 6.45) is -1.63. The van der Waals surface area contributed by atoms with Crippen LogP contribution >= 0.6 is 0 Å². The summed E-state index contributed by atoms with van der Waals surface area (Å²) in [7, 11) is 0. The Balaban J connectivity index is 2.40. The Morgan fingerprint density at radius 3 is 2.40 bits per heavy atom. The molecule has 0 unspecified atom stereocenters. The van der Waals surface area contributed by atoms with Crippen molar-refractivity contribution in [3.63, 3.8) is 0 Å². The van der Waals surface area contributed by atoms with Gasteiger partial charge in [0.25, 0.3) is 0 Å². The number of ether oxygens (including phenoxy) is 2. The molecular formula is C19H27NO5. The van der Waals surface area contributed by atoms with Crippen LogP contribution in [0.4, 0.5) is 4.79 Å². The van der Waals surface area contributed by atoms with Crippen LogP contribution in [0.3, 0.4) is 0 Å². The lowest BCUT2D eigenvalue weighted by Gasteiger charge is -2.23. The summed E-state index contributed by atoms with van der Waals surface area (Å²) in [6, 6.07) is 8.66. The number of hydrogen-bond acceptors (Lipinski definition) is 5. The van der Waals surface area contributed by atoms with Crippen molar-refractivity contribution in [2.45, 2.75) is 58.5 Å². The number of alkyl carbamates (subject to hydrolysis) is 1. The molecule has 0 fully saturated rings. The predicted molar refractivity (Wildman–Crippen MR) is 94.8 cm³/mol. The van der Waals surface area contributed by atoms with E-state index in [4.69, 9.17) is 9.47 Å². The molecule has 0 aliphatic heterocycles. The fraction of sp³-hybridized carbons (Fsp3) is 0.474. The Labute approximate surface area is 148 Å². The van der Waals surface area contributed by atoms with Gasteiger partial charge >= 0.3 is 12.1 Å². The summed E-state index contributed by atoms with van der Waals surface area (Å²) in [5.74, 6) is -0.564. The van der Waals surface area contributed by atoms with Crippen LogP contribution in [-0.2, 0) is 20.9 Å². The van der Waals surface area contributed by atoms with Crippen molar-refractivity contribution in [2.24, 2.45) is 0 Å². The van der Waals surface area contributed by atoms with Crippen molar-refractivity contribution in [1.29, 1.82) is 0 Å². The monoisotopic (exact) mass is 349 g/mol. The lowest BCUT2D eigenvalue weighted by molar-refractivity contribution is -0.150. The van der Waals surface area contributed by atoms with E-state index in [-0.39, 0.29) is 18.6 Å². The first-order valence-electron chi connectivity index (χ1n) is 8.15. The number of carbonyl (C=O) groups excluding carboxylic acids is 2. The molecule has 6 nitrogen and oxygen atoms in total. The Kier molecular flexibility index (Phi) is 7.64. The number of rotatable bonds is 7. The summed E-state index contributed by atoms with van der Waals surface area (Å²) < 4.78 is 10.3. The molecule has 1 rings (SSSR count). The molecule has 0 radical (unpaired) electrons. The molecule has 0 saturated carbocycles. The van der Waals surface area contributed by atoms with E-state index in [2.05, 4.69) is 11.9 Å². The molecule has 1 aromatic rings. The van der Waals surface area contributed by atoms with Crippen LogP contribution in [0.1, 0.15) is 39.7 Å². The van der Waals surface area contributed by atoms with Gasteiger partial charge in [0.15, 0.2) is 0 Å². The van der Waals surface area contributed by atoms with E-state index in [0.717, 1.165) is 5.56 Å². The van der Waals surface area contributed by atoms with Gasteiger partial charge in [0, 0.05) is 12.0 Å². The summed E-state index contributed by atoms with van der Waals surface area (Å²) in [5, 5.41) is 12.7. The van der Waals surface area contributed by atoms with Gasteiger partial charge in [-0.2, -0.15) is 0 Å². The summed E-state index contributed by atoms with van der Waals surface area (Å²) >= 11 is 0. The molecule has 1 aromatic carbocycles. The number of nitrogens with one attached hydrogen (secondary N) is 1. The number of aliphatic hydroxyl groups is 1. The molecule has 2 N–H and O–H groups in total. The molecule has 0 aliphatic rings. The van der Waals surface area contributed by atoms with Gasteiger partial charge in [-0.1, -0.05) is 36.9 Å². The Bertz CT molecular complexity index is 592. The van der Waals surface area contributed by atoms with Crippen LogP contribution in [0.2, 0.25) is 0 Å². The second-order valence-corrected chi connectivity index (χ2v) is 6.87. The molecule has 0 aliphatic carbocycles. The summed E-state index contributed by atoms with van der Waals surface area (Å²) in [6.45, 7) is 10.7. The highest BCUT2D eigenvalue weighted by Crippen LogP contribution is 2.14. The number of esters is 1. The fourth-order valence-electron chi connectivity index (χ4n) is 1.91. The number of benzene rings is 1. The van der Waals surface area contributed by atoms with Crippen molar-refractivity contribution in [3.8, 4) is 0 Å². The van der Waals surface area contributed by atoms with Gasteiger partial charge in [-0.05, 0) is 33.3 Å². The number of carbonyl (C=O) groups is 2. The molecule has 0 heterocycles. The lowest BCUT2D eigenvalue weighted by Crippen LogP contribution is -2.42. The number of aliphatic hydroxyl groups excluding tert-OH is 1. The normalized spacial score (nSPS) is 13.5. The SMILES string of the molecule is C=C(C[C@H](O)[C@H](C)NC(=O)OCc1ccccc1)C(=O)OC(C)(C)C. The maximum Gasteiger partial charge on any atom is 0.407 e. The first-order chi connectivity index (χ1) is 11.6. The number of hydrogen-bond donors (Lipinski definition) is 2. The van der Waals surface area contributed by atoms with Crippen LogP contribution in [0.5, 0.6) is 0 Å². The van der Waals surface area contributed by atoms with Crippen molar-refractivity contribution >= 4 is 12.1 Å². The first-order valence-corrected chi connectivity index (χ1v) is 8.15. The van der Waals surface area contributed by atoms with Crippen LogP contribution in [0.15, 0.2) is 42.5 Å². The second-order valence-electron chi connectivity index (χ2n) is 6.87. The van der Waals surface area contributed by atoms with E-state index in [1.54, 1.807) is 27.7 Å². The maximum atomic E-state index is 11.9. The third-order valence-corrected chi connectivity index (χ3v) is 3.28. The quantitative estimate of drug-likeness (QED) is 0.584. The van der Waals surface area contributed by atoms with Crippen molar-refractivity contribution < 1.29 is 24.2 Å². The average Bonchev–Trinajstić information content (AvgIpc) is 2.52. The van der Waals surface area contributed by atoms with Gasteiger partial charge in [0.2, 0.25) is 0 Å². The van der Waals surface area contributed by atoms with Gasteiger partial charge < -0.3 is 19.9 Å². The molecule has 0 bridgehead atoms. The fourth-order valence-corrected chi connectivity index (χ4v) is 1.91.